The van der Waals surface area contributed by atoms with E-state index in [1.54, 1.807) is 28.8 Å². The number of hydrogen-bond donors (Lipinski definition) is 1. The molecule has 3 aromatic carbocycles. The monoisotopic (exact) mass is 413 g/mol. The van der Waals surface area contributed by atoms with Crippen LogP contribution < -0.4 is 0 Å². The van der Waals surface area contributed by atoms with Gasteiger partial charge in [-0.25, -0.2) is 0 Å². The van der Waals surface area contributed by atoms with Crippen molar-refractivity contribution in [1.29, 1.82) is 0 Å². The molecule has 0 saturated carbocycles. The predicted octanol–water partition coefficient (Wildman–Crippen LogP) is 4.98. The van der Waals surface area contributed by atoms with Crippen LogP contribution in [0.2, 0.25) is 0 Å². The van der Waals surface area contributed by atoms with Crippen molar-refractivity contribution >= 4 is 22.8 Å². The molecule has 5 heteroatoms. The van der Waals surface area contributed by atoms with Gasteiger partial charge in [0.1, 0.15) is 0 Å². The predicted molar refractivity (Wildman–Crippen MR) is 119 cm³/mol. The summed E-state index contributed by atoms with van der Waals surface area (Å²) in [5, 5.41) is 9.95. The van der Waals surface area contributed by atoms with E-state index in [0.717, 1.165) is 27.7 Å². The fraction of sp³-hybridized carbons (Fsp3) is 0.154. The van der Waals surface area contributed by atoms with E-state index in [-0.39, 0.29) is 12.3 Å². The van der Waals surface area contributed by atoms with Crippen LogP contribution in [0.1, 0.15) is 32.7 Å². The molecular formula is C26H23NO4. The van der Waals surface area contributed by atoms with Gasteiger partial charge < -0.3 is 9.84 Å². The summed E-state index contributed by atoms with van der Waals surface area (Å²) in [5.41, 5.74) is 4.86. The van der Waals surface area contributed by atoms with Gasteiger partial charge >= 0.3 is 5.97 Å². The second kappa shape index (κ2) is 8.98. The number of benzene rings is 3. The Hall–Kier alpha value is -3.70. The van der Waals surface area contributed by atoms with E-state index in [1.807, 2.05) is 61.5 Å². The van der Waals surface area contributed by atoms with Crippen LogP contribution in [0.15, 0.2) is 78.9 Å². The lowest BCUT2D eigenvalue weighted by molar-refractivity contribution is -0.136. The lowest BCUT2D eigenvalue weighted by Crippen LogP contribution is -2.13. The molecule has 0 spiro atoms. The number of fused-ring (bicyclic) bond motifs is 1. The molecule has 0 aliphatic rings. The Morgan fingerprint density at radius 2 is 1.55 bits per heavy atom. The highest BCUT2D eigenvalue weighted by molar-refractivity contribution is 6.03. The van der Waals surface area contributed by atoms with Crippen LogP contribution in [0.4, 0.5) is 0 Å². The highest BCUT2D eigenvalue weighted by Gasteiger charge is 2.17. The zero-order valence-corrected chi connectivity index (χ0v) is 17.2. The van der Waals surface area contributed by atoms with Crippen molar-refractivity contribution in [2.45, 2.75) is 26.6 Å². The molecule has 0 aliphatic carbocycles. The fourth-order valence-corrected chi connectivity index (χ4v) is 3.74. The summed E-state index contributed by atoms with van der Waals surface area (Å²) < 4.78 is 7.40. The maximum Gasteiger partial charge on any atom is 0.307 e. The second-order valence-corrected chi connectivity index (χ2v) is 7.52. The summed E-state index contributed by atoms with van der Waals surface area (Å²) in [5.74, 6) is -1.04. The molecule has 1 N–H and O–H groups in total. The molecule has 0 atom stereocenters. The van der Waals surface area contributed by atoms with Crippen molar-refractivity contribution < 1.29 is 19.4 Å². The van der Waals surface area contributed by atoms with Crippen LogP contribution in [0.25, 0.3) is 10.9 Å². The highest BCUT2D eigenvalue weighted by atomic mass is 16.5. The summed E-state index contributed by atoms with van der Waals surface area (Å²) in [6.07, 6.45) is -0.0767. The van der Waals surface area contributed by atoms with Crippen molar-refractivity contribution in [3.63, 3.8) is 0 Å². The van der Waals surface area contributed by atoms with Crippen molar-refractivity contribution in [2.24, 2.45) is 0 Å². The van der Waals surface area contributed by atoms with Crippen LogP contribution in [0.5, 0.6) is 0 Å². The number of ether oxygens (including phenoxy) is 1. The first-order chi connectivity index (χ1) is 15.0. The van der Waals surface area contributed by atoms with Crippen LogP contribution >= 0.6 is 0 Å². The van der Waals surface area contributed by atoms with Gasteiger partial charge in [-0.05, 0) is 47.9 Å². The number of aromatic nitrogens is 1. The first-order valence-electron chi connectivity index (χ1n) is 10.1. The van der Waals surface area contributed by atoms with Gasteiger partial charge in [0, 0.05) is 16.6 Å². The first kappa shape index (κ1) is 20.6. The van der Waals surface area contributed by atoms with Gasteiger partial charge in [-0.3, -0.25) is 14.2 Å². The Bertz CT molecular complexity index is 1220. The number of carboxylic acids is 1. The molecule has 31 heavy (non-hydrogen) atoms. The number of carbonyl (C=O) groups excluding carboxylic acids is 1. The summed E-state index contributed by atoms with van der Waals surface area (Å²) in [7, 11) is 0. The lowest BCUT2D eigenvalue weighted by atomic mass is 10.1. The molecule has 4 aromatic rings. The average Bonchev–Trinajstić information content (AvgIpc) is 3.11. The number of carboxylic acid groups (broad SMARTS) is 1. The molecule has 1 aromatic heterocycles. The van der Waals surface area contributed by atoms with Crippen LogP contribution in [-0.4, -0.2) is 21.6 Å². The molecule has 0 bridgehead atoms. The Kier molecular flexibility index (Phi) is 5.96. The van der Waals surface area contributed by atoms with Crippen molar-refractivity contribution in [3.8, 4) is 0 Å². The maximum atomic E-state index is 13.2. The minimum absolute atomic E-state index is 0.0767. The Morgan fingerprint density at radius 3 is 2.23 bits per heavy atom. The number of aliphatic carboxylic acids is 1. The smallest absolute Gasteiger partial charge is 0.307 e. The largest absolute Gasteiger partial charge is 0.481 e. The number of aryl methyl sites for hydroxylation is 1. The third-order valence-corrected chi connectivity index (χ3v) is 5.25. The third-order valence-electron chi connectivity index (χ3n) is 5.25. The maximum absolute atomic E-state index is 13.2. The third kappa shape index (κ3) is 4.57. The van der Waals surface area contributed by atoms with Gasteiger partial charge in [-0.15, -0.1) is 0 Å². The molecule has 0 fully saturated rings. The van der Waals surface area contributed by atoms with E-state index in [0.29, 0.717) is 24.3 Å². The Morgan fingerprint density at radius 1 is 0.871 bits per heavy atom. The van der Waals surface area contributed by atoms with E-state index in [2.05, 4.69) is 0 Å². The van der Waals surface area contributed by atoms with Gasteiger partial charge in [0.25, 0.3) is 5.91 Å². The molecule has 0 aliphatic heterocycles. The minimum Gasteiger partial charge on any atom is -0.481 e. The van der Waals surface area contributed by atoms with Crippen LogP contribution in [0, 0.1) is 6.92 Å². The van der Waals surface area contributed by atoms with E-state index in [1.165, 1.54) is 0 Å². The zero-order chi connectivity index (χ0) is 21.8. The molecule has 0 unspecified atom stereocenters. The number of nitrogens with zero attached hydrogens (tertiary/aromatic N) is 1. The summed E-state index contributed by atoms with van der Waals surface area (Å²) in [6.45, 7) is 2.86. The quantitative estimate of drug-likeness (QED) is 0.464. The molecule has 0 amide bonds. The number of hydrogen-bond acceptors (Lipinski definition) is 3. The molecule has 1 heterocycles. The topological polar surface area (TPSA) is 68.5 Å². The van der Waals surface area contributed by atoms with E-state index in [9.17, 15) is 9.59 Å². The van der Waals surface area contributed by atoms with E-state index in [4.69, 9.17) is 9.84 Å². The zero-order valence-electron chi connectivity index (χ0n) is 17.2. The van der Waals surface area contributed by atoms with Gasteiger partial charge in [0.05, 0.1) is 25.2 Å². The van der Waals surface area contributed by atoms with Crippen molar-refractivity contribution in [2.75, 3.05) is 0 Å². The molecule has 0 radical (unpaired) electrons. The SMILES string of the molecule is Cc1cc2c(CC(=O)O)cccc2n1C(=O)c1ccc(COCc2ccccc2)cc1. The van der Waals surface area contributed by atoms with Gasteiger partial charge in [-0.2, -0.15) is 0 Å². The average molecular weight is 413 g/mol. The highest BCUT2D eigenvalue weighted by Crippen LogP contribution is 2.25. The molecular weight excluding hydrogens is 390 g/mol. The molecule has 5 nitrogen and oxygen atoms in total. The summed E-state index contributed by atoms with van der Waals surface area (Å²) >= 11 is 0. The number of rotatable bonds is 7. The van der Waals surface area contributed by atoms with Gasteiger partial charge in [0.2, 0.25) is 0 Å². The van der Waals surface area contributed by atoms with Crippen LogP contribution in [0.3, 0.4) is 0 Å². The minimum atomic E-state index is -0.894. The summed E-state index contributed by atoms with van der Waals surface area (Å²) in [6, 6.07) is 24.7. The van der Waals surface area contributed by atoms with Crippen molar-refractivity contribution in [1.82, 2.24) is 4.57 Å². The van der Waals surface area contributed by atoms with Gasteiger partial charge in [-0.1, -0.05) is 54.6 Å². The lowest BCUT2D eigenvalue weighted by Gasteiger charge is -2.09. The second-order valence-electron chi connectivity index (χ2n) is 7.52. The number of carbonyl (C=O) groups is 2. The first-order valence-corrected chi connectivity index (χ1v) is 10.1. The van der Waals surface area contributed by atoms with E-state index < -0.39 is 5.97 Å². The molecule has 156 valence electrons. The summed E-state index contributed by atoms with van der Waals surface area (Å²) in [4.78, 5) is 24.4. The molecule has 4 rings (SSSR count). The van der Waals surface area contributed by atoms with Gasteiger partial charge in [0.15, 0.2) is 0 Å². The van der Waals surface area contributed by atoms with E-state index >= 15 is 0 Å². The Balaban J connectivity index is 1.51. The fourth-order valence-electron chi connectivity index (χ4n) is 3.74. The molecule has 0 saturated heterocycles. The normalized spacial score (nSPS) is 11.0. The van der Waals surface area contributed by atoms with Crippen LogP contribution in [-0.2, 0) is 29.2 Å². The van der Waals surface area contributed by atoms with Crippen molar-refractivity contribution in [3.05, 3.63) is 107 Å². The standard InChI is InChI=1S/C26H23NO4/c1-18-14-23-22(15-25(28)29)8-5-9-24(23)27(18)26(30)21-12-10-20(11-13-21)17-31-16-19-6-3-2-4-7-19/h2-14H,15-17H2,1H3,(H,28,29). The Labute approximate surface area is 180 Å².